The van der Waals surface area contributed by atoms with Gasteiger partial charge in [0, 0.05) is 13.1 Å². The van der Waals surface area contributed by atoms with Gasteiger partial charge < -0.3 is 15.7 Å². The van der Waals surface area contributed by atoms with E-state index in [1.165, 1.54) is 6.07 Å². The fourth-order valence-electron chi connectivity index (χ4n) is 2.37. The highest BCUT2D eigenvalue weighted by atomic mass is 32.1. The van der Waals surface area contributed by atoms with Crippen LogP contribution in [0.1, 0.15) is 24.6 Å². The van der Waals surface area contributed by atoms with Gasteiger partial charge in [0.15, 0.2) is 0 Å². The normalized spacial score (nSPS) is 23.2. The van der Waals surface area contributed by atoms with Crippen LogP contribution < -0.4 is 10.6 Å². The van der Waals surface area contributed by atoms with E-state index in [0.29, 0.717) is 25.1 Å². The average molecular weight is 319 g/mol. The van der Waals surface area contributed by atoms with Crippen molar-refractivity contribution in [3.8, 4) is 0 Å². The molecule has 1 saturated heterocycles. The van der Waals surface area contributed by atoms with Crippen molar-refractivity contribution in [2.24, 2.45) is 11.7 Å². The standard InChI is InChI=1S/C13H16F3N3OS/c1-7-6-19(5-4-9(7)20)12-8(11(17)21)2-3-10(18-12)13(14,15)16/h2-3,7,9,20H,4-6H2,1H3,(H2,17,21). The molecular formula is C13H16F3N3OS. The largest absolute Gasteiger partial charge is 0.433 e. The fourth-order valence-corrected chi connectivity index (χ4v) is 2.52. The number of aliphatic hydroxyl groups is 1. The van der Waals surface area contributed by atoms with E-state index >= 15 is 0 Å². The number of nitrogens with two attached hydrogens (primary N) is 1. The lowest BCUT2D eigenvalue weighted by Crippen LogP contribution is -2.43. The van der Waals surface area contributed by atoms with Gasteiger partial charge in [0.1, 0.15) is 16.5 Å². The van der Waals surface area contributed by atoms with E-state index in [4.69, 9.17) is 18.0 Å². The Kier molecular flexibility index (Phi) is 4.38. The van der Waals surface area contributed by atoms with Gasteiger partial charge in [-0.05, 0) is 24.5 Å². The van der Waals surface area contributed by atoms with Gasteiger partial charge in [-0.15, -0.1) is 0 Å². The summed E-state index contributed by atoms with van der Waals surface area (Å²) in [6.07, 6.45) is -4.51. The predicted molar refractivity (Wildman–Crippen MR) is 77.1 cm³/mol. The van der Waals surface area contributed by atoms with Crippen LogP contribution >= 0.6 is 12.2 Å². The maximum absolute atomic E-state index is 12.8. The summed E-state index contributed by atoms with van der Waals surface area (Å²) in [6, 6.07) is 2.13. The highest BCUT2D eigenvalue weighted by Gasteiger charge is 2.34. The van der Waals surface area contributed by atoms with E-state index in [-0.39, 0.29) is 16.7 Å². The molecule has 0 saturated carbocycles. The van der Waals surface area contributed by atoms with Crippen molar-refractivity contribution in [3.63, 3.8) is 0 Å². The number of thiocarbonyl (C=S) groups is 1. The molecule has 2 atom stereocenters. The second-order valence-electron chi connectivity index (χ2n) is 5.21. The van der Waals surface area contributed by atoms with Crippen LogP contribution in [0.5, 0.6) is 0 Å². The van der Waals surface area contributed by atoms with Crippen LogP contribution in [0.15, 0.2) is 12.1 Å². The Morgan fingerprint density at radius 1 is 1.48 bits per heavy atom. The summed E-state index contributed by atoms with van der Waals surface area (Å²) in [5.74, 6) is 0.0744. The zero-order chi connectivity index (χ0) is 15.8. The van der Waals surface area contributed by atoms with Crippen molar-refractivity contribution in [1.82, 2.24) is 4.98 Å². The molecule has 3 N–H and O–H groups in total. The van der Waals surface area contributed by atoms with Crippen LogP contribution in [-0.4, -0.2) is 34.3 Å². The van der Waals surface area contributed by atoms with E-state index in [1.807, 2.05) is 6.92 Å². The second kappa shape index (κ2) is 5.76. The van der Waals surface area contributed by atoms with Gasteiger partial charge in [-0.2, -0.15) is 13.2 Å². The van der Waals surface area contributed by atoms with E-state index in [9.17, 15) is 18.3 Å². The number of piperidine rings is 1. The van der Waals surface area contributed by atoms with Crippen molar-refractivity contribution in [2.45, 2.75) is 25.6 Å². The average Bonchev–Trinajstić information content (AvgIpc) is 2.40. The molecule has 0 aliphatic carbocycles. The van der Waals surface area contributed by atoms with Gasteiger partial charge in [-0.25, -0.2) is 4.98 Å². The van der Waals surface area contributed by atoms with Crippen LogP contribution in [0.3, 0.4) is 0 Å². The first-order valence-corrected chi connectivity index (χ1v) is 6.92. The molecule has 0 aromatic carbocycles. The highest BCUT2D eigenvalue weighted by Crippen LogP contribution is 2.32. The SMILES string of the molecule is CC1CN(c2nc(C(F)(F)F)ccc2C(N)=S)CCC1O. The van der Waals surface area contributed by atoms with Crippen molar-refractivity contribution >= 4 is 23.0 Å². The molecule has 0 spiro atoms. The molecule has 0 amide bonds. The Morgan fingerprint density at radius 3 is 2.67 bits per heavy atom. The quantitative estimate of drug-likeness (QED) is 0.816. The minimum atomic E-state index is -4.52. The molecule has 2 unspecified atom stereocenters. The number of halogens is 3. The Labute approximate surface area is 125 Å². The maximum Gasteiger partial charge on any atom is 0.433 e. The predicted octanol–water partition coefficient (Wildman–Crippen LogP) is 1.94. The van der Waals surface area contributed by atoms with E-state index in [2.05, 4.69) is 4.98 Å². The lowest BCUT2D eigenvalue weighted by Gasteiger charge is -2.36. The summed E-state index contributed by atoms with van der Waals surface area (Å²) in [5.41, 5.74) is 4.92. The number of nitrogens with zero attached hydrogens (tertiary/aromatic N) is 2. The van der Waals surface area contributed by atoms with Crippen molar-refractivity contribution in [1.29, 1.82) is 0 Å². The second-order valence-corrected chi connectivity index (χ2v) is 5.65. The van der Waals surface area contributed by atoms with E-state index < -0.39 is 18.0 Å². The molecule has 0 bridgehead atoms. The third-order valence-electron chi connectivity index (χ3n) is 3.59. The maximum atomic E-state index is 12.8. The smallest absolute Gasteiger partial charge is 0.393 e. The Bertz CT molecular complexity index is 550. The van der Waals surface area contributed by atoms with Crippen LogP contribution in [-0.2, 0) is 6.18 Å². The van der Waals surface area contributed by atoms with E-state index in [0.717, 1.165) is 6.07 Å². The van der Waals surface area contributed by atoms with Gasteiger partial charge in [0.05, 0.1) is 11.7 Å². The monoisotopic (exact) mass is 319 g/mol. The molecule has 8 heteroatoms. The van der Waals surface area contributed by atoms with Crippen LogP contribution in [0, 0.1) is 5.92 Å². The molecule has 4 nitrogen and oxygen atoms in total. The zero-order valence-electron chi connectivity index (χ0n) is 11.4. The third-order valence-corrected chi connectivity index (χ3v) is 3.81. The van der Waals surface area contributed by atoms with Crippen LogP contribution in [0.25, 0.3) is 0 Å². The number of rotatable bonds is 2. The van der Waals surface area contributed by atoms with Gasteiger partial charge >= 0.3 is 6.18 Å². The summed E-state index contributed by atoms with van der Waals surface area (Å²) in [6.45, 7) is 2.66. The molecule has 0 radical (unpaired) electrons. The number of pyridine rings is 1. The zero-order valence-corrected chi connectivity index (χ0v) is 12.2. The molecule has 1 aromatic heterocycles. The van der Waals surface area contributed by atoms with Gasteiger partial charge in [-0.1, -0.05) is 19.1 Å². The highest BCUT2D eigenvalue weighted by molar-refractivity contribution is 7.80. The van der Waals surface area contributed by atoms with Gasteiger partial charge in [-0.3, -0.25) is 0 Å². The van der Waals surface area contributed by atoms with Gasteiger partial charge in [0.2, 0.25) is 0 Å². The Balaban J connectivity index is 2.42. The minimum absolute atomic E-state index is 0.00463. The molecule has 1 aliphatic heterocycles. The number of aliphatic hydroxyl groups excluding tert-OH is 1. The summed E-state index contributed by atoms with van der Waals surface area (Å²) >= 11 is 4.89. The fraction of sp³-hybridized carbons (Fsp3) is 0.538. The summed E-state index contributed by atoms with van der Waals surface area (Å²) in [4.78, 5) is 5.40. The minimum Gasteiger partial charge on any atom is -0.393 e. The Hall–Kier alpha value is -1.41. The Morgan fingerprint density at radius 2 is 2.14 bits per heavy atom. The molecule has 1 aromatic rings. The first-order chi connectivity index (χ1) is 9.70. The molecule has 1 aliphatic rings. The summed E-state index contributed by atoms with van der Waals surface area (Å²) in [5, 5.41) is 9.73. The number of alkyl halides is 3. The first kappa shape index (κ1) is 16.0. The molecule has 2 heterocycles. The lowest BCUT2D eigenvalue weighted by molar-refractivity contribution is -0.141. The summed E-state index contributed by atoms with van der Waals surface area (Å²) < 4.78 is 38.5. The number of aromatic nitrogens is 1. The topological polar surface area (TPSA) is 62.4 Å². The molecular weight excluding hydrogens is 303 g/mol. The summed E-state index contributed by atoms with van der Waals surface area (Å²) in [7, 11) is 0. The van der Waals surface area contributed by atoms with Gasteiger partial charge in [0.25, 0.3) is 0 Å². The lowest BCUT2D eigenvalue weighted by atomic mass is 9.96. The third kappa shape index (κ3) is 3.44. The van der Waals surface area contributed by atoms with Crippen LogP contribution in [0.4, 0.5) is 19.0 Å². The number of hydrogen-bond acceptors (Lipinski definition) is 4. The number of anilines is 1. The molecule has 21 heavy (non-hydrogen) atoms. The van der Waals surface area contributed by atoms with E-state index in [1.54, 1.807) is 4.90 Å². The van der Waals surface area contributed by atoms with Crippen molar-refractivity contribution in [3.05, 3.63) is 23.4 Å². The van der Waals surface area contributed by atoms with Crippen molar-refractivity contribution < 1.29 is 18.3 Å². The molecule has 2 rings (SSSR count). The van der Waals surface area contributed by atoms with Crippen LogP contribution in [0.2, 0.25) is 0 Å². The molecule has 116 valence electrons. The number of hydrogen-bond donors (Lipinski definition) is 2. The molecule has 1 fully saturated rings. The van der Waals surface area contributed by atoms with Crippen molar-refractivity contribution in [2.75, 3.05) is 18.0 Å². The first-order valence-electron chi connectivity index (χ1n) is 6.51.